The Morgan fingerprint density at radius 3 is 3.10 bits per heavy atom. The number of methoxy groups -OCH3 is 1. The second kappa shape index (κ2) is 5.63. The molecule has 2 aromatic rings. The van der Waals surface area contributed by atoms with Crippen molar-refractivity contribution in [1.82, 2.24) is 15.5 Å². The van der Waals surface area contributed by atoms with Crippen molar-refractivity contribution in [2.45, 2.75) is 38.8 Å². The van der Waals surface area contributed by atoms with Gasteiger partial charge >= 0.3 is 0 Å². The van der Waals surface area contributed by atoms with Crippen molar-refractivity contribution in [1.29, 1.82) is 0 Å². The Balaban J connectivity index is 1.75. The van der Waals surface area contributed by atoms with Crippen LogP contribution in [0.25, 0.3) is 0 Å². The Morgan fingerprint density at radius 1 is 1.45 bits per heavy atom. The lowest BCUT2D eigenvalue weighted by Crippen LogP contribution is -2.25. The molecular weight excluding hydrogens is 254 g/mol. The number of aromatic nitrogens is 2. The molecule has 1 heterocycles. The predicted molar refractivity (Wildman–Crippen MR) is 74.5 cm³/mol. The van der Waals surface area contributed by atoms with E-state index in [0.29, 0.717) is 24.3 Å². The fraction of sp³-hybridized carbons (Fsp3) is 0.467. The Hall–Kier alpha value is -1.88. The van der Waals surface area contributed by atoms with Crippen LogP contribution < -0.4 is 10.1 Å². The van der Waals surface area contributed by atoms with Gasteiger partial charge in [0.1, 0.15) is 5.75 Å². The molecule has 0 amide bonds. The van der Waals surface area contributed by atoms with E-state index in [1.807, 2.05) is 13.0 Å². The zero-order valence-corrected chi connectivity index (χ0v) is 11.8. The van der Waals surface area contributed by atoms with Crippen molar-refractivity contribution in [3.05, 3.63) is 41.0 Å². The minimum Gasteiger partial charge on any atom is -0.497 e. The van der Waals surface area contributed by atoms with Crippen LogP contribution in [0.1, 0.15) is 41.7 Å². The third kappa shape index (κ3) is 2.67. The van der Waals surface area contributed by atoms with E-state index in [1.165, 1.54) is 17.5 Å². The van der Waals surface area contributed by atoms with E-state index < -0.39 is 0 Å². The monoisotopic (exact) mass is 273 g/mol. The largest absolute Gasteiger partial charge is 0.497 e. The van der Waals surface area contributed by atoms with Gasteiger partial charge < -0.3 is 14.6 Å². The normalized spacial score (nSPS) is 17.8. The number of nitrogens with zero attached hydrogens (tertiary/aromatic N) is 2. The van der Waals surface area contributed by atoms with Gasteiger partial charge in [0.15, 0.2) is 5.82 Å². The summed E-state index contributed by atoms with van der Waals surface area (Å²) in [5.74, 6) is 2.22. The molecule has 0 fully saturated rings. The third-order valence-electron chi connectivity index (χ3n) is 3.74. The van der Waals surface area contributed by atoms with Crippen molar-refractivity contribution in [2.75, 3.05) is 7.11 Å². The highest BCUT2D eigenvalue weighted by Crippen LogP contribution is 2.32. The highest BCUT2D eigenvalue weighted by atomic mass is 16.5. The van der Waals surface area contributed by atoms with Gasteiger partial charge in [-0.15, -0.1) is 0 Å². The summed E-state index contributed by atoms with van der Waals surface area (Å²) in [5.41, 5.74) is 2.73. The van der Waals surface area contributed by atoms with Crippen LogP contribution in [-0.4, -0.2) is 17.3 Å². The summed E-state index contributed by atoms with van der Waals surface area (Å²) in [6.45, 7) is 2.43. The van der Waals surface area contributed by atoms with E-state index in [-0.39, 0.29) is 0 Å². The standard InChI is InChI=1S/C15H19N3O2/c1-10-17-15(20-18-10)9-16-14-5-3-4-11-6-7-12(19-2)8-13(11)14/h6-8,14,16H,3-5,9H2,1-2H3. The lowest BCUT2D eigenvalue weighted by atomic mass is 9.87. The number of benzene rings is 1. The molecule has 1 aromatic carbocycles. The summed E-state index contributed by atoms with van der Waals surface area (Å²) >= 11 is 0. The number of rotatable bonds is 4. The maximum absolute atomic E-state index is 5.33. The molecule has 3 rings (SSSR count). The molecule has 0 spiro atoms. The number of hydrogen-bond acceptors (Lipinski definition) is 5. The number of hydrogen-bond donors (Lipinski definition) is 1. The zero-order valence-electron chi connectivity index (χ0n) is 11.8. The van der Waals surface area contributed by atoms with E-state index in [4.69, 9.17) is 9.26 Å². The summed E-state index contributed by atoms with van der Waals surface area (Å²) in [6.07, 6.45) is 3.45. The maximum atomic E-state index is 5.33. The average Bonchev–Trinajstić information content (AvgIpc) is 2.90. The number of nitrogens with one attached hydrogen (secondary N) is 1. The van der Waals surface area contributed by atoms with Gasteiger partial charge in [-0.05, 0) is 49.4 Å². The van der Waals surface area contributed by atoms with Gasteiger partial charge in [0.25, 0.3) is 0 Å². The lowest BCUT2D eigenvalue weighted by Gasteiger charge is -2.26. The molecular formula is C15H19N3O2. The zero-order chi connectivity index (χ0) is 13.9. The molecule has 1 atom stereocenters. The summed E-state index contributed by atoms with van der Waals surface area (Å²) in [6, 6.07) is 6.65. The van der Waals surface area contributed by atoms with Crippen LogP contribution in [0.2, 0.25) is 0 Å². The molecule has 1 unspecified atom stereocenters. The van der Waals surface area contributed by atoms with E-state index in [0.717, 1.165) is 18.6 Å². The van der Waals surface area contributed by atoms with E-state index in [1.54, 1.807) is 7.11 Å². The molecule has 20 heavy (non-hydrogen) atoms. The van der Waals surface area contributed by atoms with Crippen LogP contribution in [0.5, 0.6) is 5.75 Å². The van der Waals surface area contributed by atoms with E-state index in [2.05, 4.69) is 27.6 Å². The number of fused-ring (bicyclic) bond motifs is 1. The summed E-state index contributed by atoms with van der Waals surface area (Å²) in [4.78, 5) is 4.22. The Kier molecular flexibility index (Phi) is 3.69. The molecule has 1 aromatic heterocycles. The van der Waals surface area contributed by atoms with Crippen LogP contribution >= 0.6 is 0 Å². The molecule has 0 aliphatic heterocycles. The van der Waals surface area contributed by atoms with Crippen molar-refractivity contribution >= 4 is 0 Å². The van der Waals surface area contributed by atoms with Crippen molar-refractivity contribution in [2.24, 2.45) is 0 Å². The minimum absolute atomic E-state index is 0.320. The van der Waals surface area contributed by atoms with Crippen LogP contribution in [0.15, 0.2) is 22.7 Å². The number of ether oxygens (including phenoxy) is 1. The van der Waals surface area contributed by atoms with Crippen molar-refractivity contribution in [3.63, 3.8) is 0 Å². The van der Waals surface area contributed by atoms with Crippen molar-refractivity contribution < 1.29 is 9.26 Å². The molecule has 5 heteroatoms. The molecule has 1 aliphatic rings. The Morgan fingerprint density at radius 2 is 2.35 bits per heavy atom. The second-order valence-corrected chi connectivity index (χ2v) is 5.13. The summed E-state index contributed by atoms with van der Waals surface area (Å²) < 4.78 is 10.5. The summed E-state index contributed by atoms with van der Waals surface area (Å²) in [7, 11) is 1.70. The average molecular weight is 273 g/mol. The molecule has 0 bridgehead atoms. The highest BCUT2D eigenvalue weighted by Gasteiger charge is 2.21. The van der Waals surface area contributed by atoms with Gasteiger partial charge in [-0.1, -0.05) is 11.2 Å². The van der Waals surface area contributed by atoms with Crippen LogP contribution in [-0.2, 0) is 13.0 Å². The molecule has 0 radical (unpaired) electrons. The summed E-state index contributed by atoms with van der Waals surface area (Å²) in [5, 5.41) is 7.31. The SMILES string of the molecule is COc1ccc2c(c1)C(NCc1nc(C)no1)CCC2. The fourth-order valence-electron chi connectivity index (χ4n) is 2.74. The maximum Gasteiger partial charge on any atom is 0.240 e. The van der Waals surface area contributed by atoms with E-state index >= 15 is 0 Å². The Bertz CT molecular complexity index is 595. The number of aryl methyl sites for hydroxylation is 2. The van der Waals surface area contributed by atoms with Gasteiger partial charge in [-0.3, -0.25) is 0 Å². The molecule has 1 aliphatic carbocycles. The molecule has 0 saturated carbocycles. The second-order valence-electron chi connectivity index (χ2n) is 5.13. The van der Waals surface area contributed by atoms with Gasteiger partial charge in [0.2, 0.25) is 5.89 Å². The first-order chi connectivity index (χ1) is 9.76. The molecule has 1 N–H and O–H groups in total. The predicted octanol–water partition coefficient (Wildman–Crippen LogP) is 2.55. The topological polar surface area (TPSA) is 60.2 Å². The van der Waals surface area contributed by atoms with Gasteiger partial charge in [0, 0.05) is 6.04 Å². The minimum atomic E-state index is 0.320. The smallest absolute Gasteiger partial charge is 0.240 e. The fourth-order valence-corrected chi connectivity index (χ4v) is 2.74. The van der Waals surface area contributed by atoms with Gasteiger partial charge in [0.05, 0.1) is 13.7 Å². The lowest BCUT2D eigenvalue weighted by molar-refractivity contribution is 0.347. The van der Waals surface area contributed by atoms with Gasteiger partial charge in [-0.25, -0.2) is 0 Å². The highest BCUT2D eigenvalue weighted by molar-refractivity contribution is 5.39. The first-order valence-corrected chi connectivity index (χ1v) is 6.95. The van der Waals surface area contributed by atoms with E-state index in [9.17, 15) is 0 Å². The molecule has 0 saturated heterocycles. The van der Waals surface area contributed by atoms with Crippen molar-refractivity contribution in [3.8, 4) is 5.75 Å². The molecule has 5 nitrogen and oxygen atoms in total. The van der Waals surface area contributed by atoms with Crippen LogP contribution in [0.4, 0.5) is 0 Å². The van der Waals surface area contributed by atoms with Crippen LogP contribution in [0.3, 0.4) is 0 Å². The third-order valence-corrected chi connectivity index (χ3v) is 3.74. The Labute approximate surface area is 118 Å². The first-order valence-electron chi connectivity index (χ1n) is 6.95. The van der Waals surface area contributed by atoms with Crippen LogP contribution in [0, 0.1) is 6.92 Å². The van der Waals surface area contributed by atoms with Gasteiger partial charge in [-0.2, -0.15) is 4.98 Å². The quantitative estimate of drug-likeness (QED) is 0.927. The molecule has 106 valence electrons. The first kappa shape index (κ1) is 13.1.